The molecule has 1 saturated heterocycles. The Morgan fingerprint density at radius 1 is 1.03 bits per heavy atom. The van der Waals surface area contributed by atoms with E-state index in [1.807, 2.05) is 65.8 Å². The molecule has 2 aromatic rings. The maximum atomic E-state index is 7.06. The molecule has 3 rings (SSSR count). The number of morpholine rings is 1. The number of rotatable bonds is 10. The number of anilines is 2. The predicted molar refractivity (Wildman–Crippen MR) is 161 cm³/mol. The summed E-state index contributed by atoms with van der Waals surface area (Å²) in [6.45, 7) is 23.5. The number of nitrogens with zero attached hydrogens (tertiary/aromatic N) is 3. The van der Waals surface area contributed by atoms with E-state index >= 15 is 0 Å². The third-order valence-electron chi connectivity index (χ3n) is 5.51. The van der Waals surface area contributed by atoms with Gasteiger partial charge in [-0.2, -0.15) is 4.98 Å². The summed E-state index contributed by atoms with van der Waals surface area (Å²) < 4.78 is 11.2. The number of ether oxygens (including phenoxy) is 2. The van der Waals surface area contributed by atoms with Crippen LogP contribution in [0.5, 0.6) is 5.88 Å². The Bertz CT molecular complexity index is 848. The second kappa shape index (κ2) is 21.4. The summed E-state index contributed by atoms with van der Waals surface area (Å²) >= 11 is 0. The van der Waals surface area contributed by atoms with Gasteiger partial charge in [0.15, 0.2) is 0 Å². The number of hydrogen-bond acceptors (Lipinski definition) is 7. The Balaban J connectivity index is 0.000000771. The molecular formula is C30H53N5O2. The molecule has 7 nitrogen and oxygen atoms in total. The highest BCUT2D eigenvalue weighted by molar-refractivity contribution is 5.79. The molecule has 0 atom stereocenters. The molecule has 0 saturated carbocycles. The van der Waals surface area contributed by atoms with Crippen molar-refractivity contribution in [1.29, 1.82) is 5.41 Å². The van der Waals surface area contributed by atoms with Crippen molar-refractivity contribution < 1.29 is 9.47 Å². The molecule has 0 amide bonds. The zero-order valence-electron chi connectivity index (χ0n) is 24.8. The Morgan fingerprint density at radius 2 is 1.65 bits per heavy atom. The van der Waals surface area contributed by atoms with Crippen LogP contribution in [0.2, 0.25) is 0 Å². The van der Waals surface area contributed by atoms with Gasteiger partial charge in [0.1, 0.15) is 12.4 Å². The molecule has 0 radical (unpaired) electrons. The second-order valence-corrected chi connectivity index (χ2v) is 8.38. The van der Waals surface area contributed by atoms with Crippen molar-refractivity contribution in [3.05, 3.63) is 47.0 Å². The van der Waals surface area contributed by atoms with Crippen LogP contribution in [0, 0.1) is 19.3 Å². The minimum Gasteiger partial charge on any atom is -0.476 e. The number of hydrogen-bond donors (Lipinski definition) is 2. The van der Waals surface area contributed by atoms with Gasteiger partial charge in [0.2, 0.25) is 5.88 Å². The summed E-state index contributed by atoms with van der Waals surface area (Å²) in [5.41, 5.74) is 10.5. The predicted octanol–water partition coefficient (Wildman–Crippen LogP) is 6.35. The van der Waals surface area contributed by atoms with Gasteiger partial charge in [-0.15, -0.1) is 0 Å². The second-order valence-electron chi connectivity index (χ2n) is 8.38. The van der Waals surface area contributed by atoms with Crippen molar-refractivity contribution in [2.24, 2.45) is 0 Å². The molecule has 2 heterocycles. The van der Waals surface area contributed by atoms with Crippen molar-refractivity contribution in [1.82, 2.24) is 9.88 Å². The number of nitrogens with one attached hydrogen (secondary N) is 1. The van der Waals surface area contributed by atoms with E-state index < -0.39 is 0 Å². The molecule has 0 unspecified atom stereocenters. The fraction of sp³-hybridized carbons (Fsp3) is 0.600. The summed E-state index contributed by atoms with van der Waals surface area (Å²) in [5.74, 6) is 1.13. The molecule has 3 N–H and O–H groups in total. The van der Waals surface area contributed by atoms with Gasteiger partial charge in [0.25, 0.3) is 0 Å². The first-order valence-corrected chi connectivity index (χ1v) is 14.0. The number of aryl methyl sites for hydroxylation is 2. The zero-order chi connectivity index (χ0) is 28.1. The van der Waals surface area contributed by atoms with Gasteiger partial charge in [-0.05, 0) is 37.8 Å². The Labute approximate surface area is 226 Å². The quantitative estimate of drug-likeness (QED) is 0.358. The maximum Gasteiger partial charge on any atom is 0.217 e. The normalized spacial score (nSPS) is 12.5. The van der Waals surface area contributed by atoms with Crippen LogP contribution in [-0.4, -0.2) is 68.6 Å². The van der Waals surface area contributed by atoms with E-state index in [-0.39, 0.29) is 0 Å². The van der Waals surface area contributed by atoms with E-state index in [4.69, 9.17) is 20.6 Å². The van der Waals surface area contributed by atoms with E-state index in [9.17, 15) is 0 Å². The molecule has 1 aliphatic rings. The molecule has 37 heavy (non-hydrogen) atoms. The zero-order valence-corrected chi connectivity index (χ0v) is 24.8. The highest BCUT2D eigenvalue weighted by atomic mass is 16.5. The molecule has 0 aliphatic carbocycles. The number of aromatic nitrogens is 1. The standard InChI is InChI=1S/C17H30N4O2.C9H11N.2C2H6/c1-3-5-21(6-4-2)15-13-16(18)19-17(14-15)23-12-9-20-7-10-22-11-8-20;1-7-3-4-8(2)9(5-7)6-10;2*1-2/h13-14H,3-12H2,1-2H3,(H2,18,19);3-6,10H,1-2H3;2*1-2H3. The van der Waals surface area contributed by atoms with Gasteiger partial charge in [-0.3, -0.25) is 4.90 Å². The van der Waals surface area contributed by atoms with Crippen LogP contribution in [0.25, 0.3) is 0 Å². The third-order valence-corrected chi connectivity index (χ3v) is 5.51. The first-order chi connectivity index (χ1) is 18.0. The summed E-state index contributed by atoms with van der Waals surface area (Å²) in [4.78, 5) is 8.99. The van der Waals surface area contributed by atoms with Crippen LogP contribution in [0.15, 0.2) is 30.3 Å². The summed E-state index contributed by atoms with van der Waals surface area (Å²) in [7, 11) is 0. The molecule has 0 spiro atoms. The van der Waals surface area contributed by atoms with Crippen LogP contribution in [-0.2, 0) is 4.74 Å². The minimum absolute atomic E-state index is 0.515. The van der Waals surface area contributed by atoms with Crippen LogP contribution in [0.3, 0.4) is 0 Å². The van der Waals surface area contributed by atoms with Crippen molar-refractivity contribution in [3.63, 3.8) is 0 Å². The van der Waals surface area contributed by atoms with E-state index in [1.54, 1.807) is 0 Å². The Morgan fingerprint density at radius 3 is 2.19 bits per heavy atom. The third kappa shape index (κ3) is 14.0. The van der Waals surface area contributed by atoms with Gasteiger partial charge >= 0.3 is 0 Å². The Kier molecular flexibility index (Phi) is 19.9. The smallest absolute Gasteiger partial charge is 0.217 e. The van der Waals surface area contributed by atoms with Crippen molar-refractivity contribution in [2.45, 2.75) is 68.2 Å². The first kappa shape index (κ1) is 34.4. The minimum atomic E-state index is 0.515. The van der Waals surface area contributed by atoms with Gasteiger partial charge in [0.05, 0.1) is 13.2 Å². The van der Waals surface area contributed by atoms with E-state index in [0.717, 1.165) is 70.0 Å². The van der Waals surface area contributed by atoms with E-state index in [0.29, 0.717) is 18.3 Å². The molecular weight excluding hydrogens is 462 g/mol. The molecule has 1 aromatic heterocycles. The lowest BCUT2D eigenvalue weighted by Gasteiger charge is -2.26. The average Bonchev–Trinajstić information content (AvgIpc) is 2.93. The van der Waals surface area contributed by atoms with Gasteiger partial charge < -0.3 is 25.5 Å². The number of benzene rings is 1. The molecule has 7 heteroatoms. The SMILES string of the molecule is CC.CC.CCCN(CCC)c1cc(N)nc(OCCN2CCOCC2)c1.Cc1ccc(C)c(C=N)c1. The molecule has 210 valence electrons. The van der Waals surface area contributed by atoms with Crippen molar-refractivity contribution in [3.8, 4) is 5.88 Å². The lowest BCUT2D eigenvalue weighted by molar-refractivity contribution is 0.0320. The maximum absolute atomic E-state index is 7.06. The largest absolute Gasteiger partial charge is 0.476 e. The summed E-state index contributed by atoms with van der Waals surface area (Å²) in [6.07, 6.45) is 3.60. The Hall–Kier alpha value is -2.64. The van der Waals surface area contributed by atoms with E-state index in [2.05, 4.69) is 34.7 Å². The highest BCUT2D eigenvalue weighted by Gasteiger charge is 2.12. The fourth-order valence-electron chi connectivity index (χ4n) is 3.70. The number of nitrogen functional groups attached to an aromatic ring is 1. The van der Waals surface area contributed by atoms with Crippen molar-refractivity contribution in [2.75, 3.05) is 63.2 Å². The lowest BCUT2D eigenvalue weighted by atomic mass is 10.1. The van der Waals surface area contributed by atoms with Crippen LogP contribution in [0.4, 0.5) is 11.5 Å². The molecule has 1 fully saturated rings. The van der Waals surface area contributed by atoms with E-state index in [1.165, 1.54) is 17.3 Å². The van der Waals surface area contributed by atoms with Gasteiger partial charge in [0, 0.05) is 56.8 Å². The monoisotopic (exact) mass is 515 g/mol. The average molecular weight is 516 g/mol. The van der Waals surface area contributed by atoms with Crippen LogP contribution < -0.4 is 15.4 Å². The fourth-order valence-corrected chi connectivity index (χ4v) is 3.70. The summed E-state index contributed by atoms with van der Waals surface area (Å²) in [5, 5.41) is 7.06. The van der Waals surface area contributed by atoms with Gasteiger partial charge in [-0.1, -0.05) is 65.3 Å². The first-order valence-electron chi connectivity index (χ1n) is 14.0. The van der Waals surface area contributed by atoms with Crippen LogP contribution in [0.1, 0.15) is 71.1 Å². The topological polar surface area (TPSA) is 87.7 Å². The number of nitrogens with two attached hydrogens (primary N) is 1. The molecule has 0 bridgehead atoms. The van der Waals surface area contributed by atoms with Gasteiger partial charge in [-0.25, -0.2) is 0 Å². The highest BCUT2D eigenvalue weighted by Crippen LogP contribution is 2.23. The number of pyridine rings is 1. The molecule has 1 aromatic carbocycles. The summed E-state index contributed by atoms with van der Waals surface area (Å²) in [6, 6.07) is 10.0. The van der Waals surface area contributed by atoms with Crippen LogP contribution >= 0.6 is 0 Å². The molecule has 1 aliphatic heterocycles. The van der Waals surface area contributed by atoms with Crippen molar-refractivity contribution >= 4 is 17.7 Å². The lowest BCUT2D eigenvalue weighted by Crippen LogP contribution is -2.38.